The van der Waals surface area contributed by atoms with Crippen molar-refractivity contribution in [2.75, 3.05) is 53.6 Å². The zero-order valence-corrected chi connectivity index (χ0v) is 14.4. The van der Waals surface area contributed by atoms with Crippen molar-refractivity contribution in [2.24, 2.45) is 11.8 Å². The van der Waals surface area contributed by atoms with Gasteiger partial charge in [0.15, 0.2) is 0 Å². The summed E-state index contributed by atoms with van der Waals surface area (Å²) in [5.41, 5.74) is 0. The molecule has 0 bridgehead atoms. The summed E-state index contributed by atoms with van der Waals surface area (Å²) >= 11 is 0. The molecule has 1 rings (SSSR count). The normalized spacial score (nSPS) is 17.1. The van der Waals surface area contributed by atoms with Crippen molar-refractivity contribution in [2.45, 2.75) is 26.2 Å². The molecule has 0 saturated carbocycles. The van der Waals surface area contributed by atoms with Crippen molar-refractivity contribution in [1.82, 2.24) is 10.2 Å². The molecule has 1 amide bonds. The van der Waals surface area contributed by atoms with E-state index in [0.717, 1.165) is 13.1 Å². The van der Waals surface area contributed by atoms with Crippen LogP contribution in [0.15, 0.2) is 0 Å². The highest BCUT2D eigenvalue weighted by atomic mass is 35.5. The Morgan fingerprint density at radius 2 is 1.71 bits per heavy atom. The number of hydrogen-bond acceptors (Lipinski definition) is 4. The lowest BCUT2D eigenvalue weighted by Gasteiger charge is -2.30. The Morgan fingerprint density at radius 3 is 2.19 bits per heavy atom. The van der Waals surface area contributed by atoms with Gasteiger partial charge in [-0.1, -0.05) is 6.92 Å². The second-order valence-corrected chi connectivity index (χ2v) is 5.64. The summed E-state index contributed by atoms with van der Waals surface area (Å²) in [5.74, 6) is 1.36. The molecule has 1 unspecified atom stereocenters. The van der Waals surface area contributed by atoms with Gasteiger partial charge in [-0.15, -0.1) is 12.4 Å². The molecular weight excluding hydrogens is 292 g/mol. The van der Waals surface area contributed by atoms with Gasteiger partial charge in [-0.05, 0) is 37.8 Å². The van der Waals surface area contributed by atoms with Crippen LogP contribution in [0.4, 0.5) is 0 Å². The molecule has 5 nitrogen and oxygen atoms in total. The third-order valence-corrected chi connectivity index (χ3v) is 4.17. The first-order chi connectivity index (χ1) is 9.69. The fourth-order valence-electron chi connectivity index (χ4n) is 2.75. The molecule has 0 radical (unpaired) electrons. The number of nitrogens with zero attached hydrogens (tertiary/aromatic N) is 1. The second kappa shape index (κ2) is 12.2. The molecule has 1 aliphatic rings. The van der Waals surface area contributed by atoms with Crippen LogP contribution in [0.2, 0.25) is 0 Å². The van der Waals surface area contributed by atoms with Crippen molar-refractivity contribution in [3.05, 3.63) is 0 Å². The van der Waals surface area contributed by atoms with E-state index in [2.05, 4.69) is 12.2 Å². The minimum atomic E-state index is 0. The number of halogens is 1. The zero-order valence-electron chi connectivity index (χ0n) is 13.6. The van der Waals surface area contributed by atoms with E-state index in [4.69, 9.17) is 9.47 Å². The number of methoxy groups -OCH3 is 2. The Labute approximate surface area is 135 Å². The Bertz CT molecular complexity index is 266. The van der Waals surface area contributed by atoms with E-state index in [1.54, 1.807) is 14.2 Å². The molecule has 1 fully saturated rings. The summed E-state index contributed by atoms with van der Waals surface area (Å²) in [6.45, 7) is 6.84. The lowest BCUT2D eigenvalue weighted by Crippen LogP contribution is -2.39. The topological polar surface area (TPSA) is 50.8 Å². The second-order valence-electron chi connectivity index (χ2n) is 5.64. The van der Waals surface area contributed by atoms with Gasteiger partial charge in [0, 0.05) is 33.7 Å². The van der Waals surface area contributed by atoms with E-state index in [1.165, 1.54) is 12.8 Å². The minimum Gasteiger partial charge on any atom is -0.383 e. The molecule has 0 spiro atoms. The summed E-state index contributed by atoms with van der Waals surface area (Å²) in [6, 6.07) is 0. The van der Waals surface area contributed by atoms with Crippen LogP contribution in [0.5, 0.6) is 0 Å². The molecule has 1 N–H and O–H groups in total. The largest absolute Gasteiger partial charge is 0.383 e. The molecule has 0 aromatic heterocycles. The highest BCUT2D eigenvalue weighted by molar-refractivity contribution is 5.85. The fraction of sp³-hybridized carbons (Fsp3) is 0.933. The number of ether oxygens (including phenoxy) is 2. The van der Waals surface area contributed by atoms with Gasteiger partial charge in [-0.25, -0.2) is 0 Å². The lowest BCUT2D eigenvalue weighted by atomic mass is 9.84. The van der Waals surface area contributed by atoms with Gasteiger partial charge in [0.25, 0.3) is 0 Å². The number of carbonyl (C=O) groups is 1. The third kappa shape index (κ3) is 8.00. The summed E-state index contributed by atoms with van der Waals surface area (Å²) in [4.78, 5) is 14.3. The number of carbonyl (C=O) groups excluding carboxylic acids is 1. The van der Waals surface area contributed by atoms with Crippen LogP contribution in [0.3, 0.4) is 0 Å². The Balaban J connectivity index is 0.00000400. The van der Waals surface area contributed by atoms with E-state index in [9.17, 15) is 4.79 Å². The van der Waals surface area contributed by atoms with Gasteiger partial charge in [-0.3, -0.25) is 4.79 Å². The number of nitrogens with one attached hydrogen (secondary N) is 1. The van der Waals surface area contributed by atoms with Crippen LogP contribution in [0, 0.1) is 11.8 Å². The summed E-state index contributed by atoms with van der Waals surface area (Å²) < 4.78 is 10.2. The van der Waals surface area contributed by atoms with Crippen LogP contribution in [-0.2, 0) is 14.3 Å². The molecule has 0 aromatic carbocycles. The molecule has 21 heavy (non-hydrogen) atoms. The molecule has 1 heterocycles. The molecular formula is C15H31ClN2O3. The first-order valence-electron chi connectivity index (χ1n) is 7.65. The van der Waals surface area contributed by atoms with E-state index in [1.807, 2.05) is 4.90 Å². The van der Waals surface area contributed by atoms with Gasteiger partial charge >= 0.3 is 0 Å². The van der Waals surface area contributed by atoms with Crippen LogP contribution in [-0.4, -0.2) is 64.4 Å². The van der Waals surface area contributed by atoms with E-state index >= 15 is 0 Å². The Kier molecular flexibility index (Phi) is 12.0. The smallest absolute Gasteiger partial charge is 0.223 e. The van der Waals surface area contributed by atoms with E-state index in [0.29, 0.717) is 44.6 Å². The van der Waals surface area contributed by atoms with E-state index in [-0.39, 0.29) is 18.3 Å². The van der Waals surface area contributed by atoms with Crippen LogP contribution >= 0.6 is 12.4 Å². The number of hydrogen-bond donors (Lipinski definition) is 1. The van der Waals surface area contributed by atoms with Crippen molar-refractivity contribution < 1.29 is 14.3 Å². The first kappa shape index (κ1) is 20.6. The standard InChI is InChI=1S/C15H30N2O3.ClH/c1-13(14-4-6-16-7-5-14)12-15(18)17(8-10-19-2)9-11-20-3;/h13-14,16H,4-12H2,1-3H3;1H. The molecule has 126 valence electrons. The molecule has 1 atom stereocenters. The highest BCUT2D eigenvalue weighted by Crippen LogP contribution is 2.24. The van der Waals surface area contributed by atoms with Crippen LogP contribution in [0.25, 0.3) is 0 Å². The molecule has 1 aliphatic heterocycles. The Morgan fingerprint density at radius 1 is 1.19 bits per heavy atom. The molecule has 6 heteroatoms. The van der Waals surface area contributed by atoms with Crippen LogP contribution in [0.1, 0.15) is 26.2 Å². The zero-order chi connectivity index (χ0) is 14.8. The van der Waals surface area contributed by atoms with Crippen LogP contribution < -0.4 is 5.32 Å². The number of amides is 1. The van der Waals surface area contributed by atoms with Crippen molar-refractivity contribution in [3.8, 4) is 0 Å². The minimum absolute atomic E-state index is 0. The first-order valence-corrected chi connectivity index (χ1v) is 7.65. The summed E-state index contributed by atoms with van der Waals surface area (Å²) in [6.07, 6.45) is 3.01. The highest BCUT2D eigenvalue weighted by Gasteiger charge is 2.24. The van der Waals surface area contributed by atoms with Gasteiger partial charge in [-0.2, -0.15) is 0 Å². The predicted molar refractivity (Wildman–Crippen MR) is 87.0 cm³/mol. The summed E-state index contributed by atoms with van der Waals surface area (Å²) in [7, 11) is 3.33. The third-order valence-electron chi connectivity index (χ3n) is 4.17. The van der Waals surface area contributed by atoms with Gasteiger partial charge in [0.2, 0.25) is 5.91 Å². The maximum Gasteiger partial charge on any atom is 0.223 e. The van der Waals surface area contributed by atoms with Crippen molar-refractivity contribution in [3.63, 3.8) is 0 Å². The van der Waals surface area contributed by atoms with Gasteiger partial charge in [0.1, 0.15) is 0 Å². The summed E-state index contributed by atoms with van der Waals surface area (Å²) in [5, 5.41) is 3.37. The molecule has 1 saturated heterocycles. The fourth-order valence-corrected chi connectivity index (χ4v) is 2.75. The Hall–Kier alpha value is -0.360. The monoisotopic (exact) mass is 322 g/mol. The quantitative estimate of drug-likeness (QED) is 0.700. The average Bonchev–Trinajstić information content (AvgIpc) is 2.48. The van der Waals surface area contributed by atoms with Crippen molar-refractivity contribution >= 4 is 18.3 Å². The number of piperidine rings is 1. The van der Waals surface area contributed by atoms with E-state index < -0.39 is 0 Å². The lowest BCUT2D eigenvalue weighted by molar-refractivity contribution is -0.133. The maximum absolute atomic E-state index is 12.4. The predicted octanol–water partition coefficient (Wildman–Crippen LogP) is 1.56. The van der Waals surface area contributed by atoms with Crippen molar-refractivity contribution in [1.29, 1.82) is 0 Å². The van der Waals surface area contributed by atoms with Gasteiger partial charge < -0.3 is 19.7 Å². The molecule has 0 aliphatic carbocycles. The molecule has 0 aromatic rings. The SMILES string of the molecule is COCCN(CCOC)C(=O)CC(C)C1CCNCC1.Cl. The average molecular weight is 323 g/mol. The number of rotatable bonds is 9. The maximum atomic E-state index is 12.4. The van der Waals surface area contributed by atoms with Gasteiger partial charge in [0.05, 0.1) is 13.2 Å².